The summed E-state index contributed by atoms with van der Waals surface area (Å²) in [5, 5.41) is 0. The van der Waals surface area contributed by atoms with Crippen LogP contribution in [0.15, 0.2) is 18.2 Å². The molecule has 1 aromatic rings. The van der Waals surface area contributed by atoms with Crippen molar-refractivity contribution >= 4 is 11.6 Å². The molecule has 1 amide bonds. The fourth-order valence-corrected chi connectivity index (χ4v) is 1.83. The van der Waals surface area contributed by atoms with E-state index in [9.17, 15) is 4.79 Å². The van der Waals surface area contributed by atoms with Crippen LogP contribution >= 0.6 is 0 Å². The molecule has 18 heavy (non-hydrogen) atoms. The van der Waals surface area contributed by atoms with Gasteiger partial charge < -0.3 is 10.6 Å². The monoisotopic (exact) mass is 248 g/mol. The van der Waals surface area contributed by atoms with Gasteiger partial charge in [-0.25, -0.2) is 0 Å². The van der Waals surface area contributed by atoms with E-state index in [2.05, 4.69) is 27.7 Å². The first-order valence-corrected chi connectivity index (χ1v) is 6.28. The lowest BCUT2D eigenvalue weighted by Crippen LogP contribution is -2.43. The Labute approximate surface area is 110 Å². The molecule has 0 aliphatic heterocycles. The molecule has 0 aromatic heterocycles. The zero-order valence-corrected chi connectivity index (χ0v) is 12.2. The van der Waals surface area contributed by atoms with Crippen molar-refractivity contribution in [3.63, 3.8) is 0 Å². The molecule has 0 aliphatic carbocycles. The second-order valence-corrected chi connectivity index (χ2v) is 5.98. The first-order chi connectivity index (χ1) is 8.16. The van der Waals surface area contributed by atoms with Crippen LogP contribution in [0, 0.1) is 12.3 Å². The van der Waals surface area contributed by atoms with Gasteiger partial charge in [0.1, 0.15) is 0 Å². The van der Waals surface area contributed by atoms with Gasteiger partial charge in [0.25, 0.3) is 5.91 Å². The third-order valence-corrected chi connectivity index (χ3v) is 3.76. The van der Waals surface area contributed by atoms with Crippen molar-refractivity contribution in [2.45, 2.75) is 40.7 Å². The van der Waals surface area contributed by atoms with E-state index in [0.717, 1.165) is 5.56 Å². The quantitative estimate of drug-likeness (QED) is 0.817. The van der Waals surface area contributed by atoms with E-state index in [-0.39, 0.29) is 17.4 Å². The normalized spacial score (nSPS) is 13.2. The number of anilines is 1. The van der Waals surface area contributed by atoms with Crippen molar-refractivity contribution < 1.29 is 4.79 Å². The van der Waals surface area contributed by atoms with Crippen LogP contribution in [0.5, 0.6) is 0 Å². The first-order valence-electron chi connectivity index (χ1n) is 6.28. The number of nitrogens with zero attached hydrogens (tertiary/aromatic N) is 1. The lowest BCUT2D eigenvalue weighted by Gasteiger charge is -2.35. The summed E-state index contributed by atoms with van der Waals surface area (Å²) in [6, 6.07) is 5.63. The van der Waals surface area contributed by atoms with E-state index >= 15 is 0 Å². The molecule has 0 aliphatic rings. The molecule has 1 aromatic carbocycles. The van der Waals surface area contributed by atoms with Crippen molar-refractivity contribution in [1.82, 2.24) is 4.90 Å². The SMILES string of the molecule is Cc1c(N)cccc1C(=O)N(C)C(C)C(C)(C)C. The van der Waals surface area contributed by atoms with Crippen molar-refractivity contribution in [3.8, 4) is 0 Å². The Morgan fingerprint density at radius 3 is 2.39 bits per heavy atom. The van der Waals surface area contributed by atoms with Crippen LogP contribution in [0.4, 0.5) is 5.69 Å². The number of carbonyl (C=O) groups is 1. The molecule has 1 rings (SSSR count). The third-order valence-electron chi connectivity index (χ3n) is 3.76. The highest BCUT2D eigenvalue weighted by molar-refractivity contribution is 5.96. The van der Waals surface area contributed by atoms with Gasteiger partial charge >= 0.3 is 0 Å². The second kappa shape index (κ2) is 5.01. The molecule has 3 heteroatoms. The van der Waals surface area contributed by atoms with Crippen LogP contribution in [0.25, 0.3) is 0 Å². The molecule has 2 N–H and O–H groups in total. The smallest absolute Gasteiger partial charge is 0.254 e. The lowest BCUT2D eigenvalue weighted by molar-refractivity contribution is 0.0628. The molecule has 3 nitrogen and oxygen atoms in total. The van der Waals surface area contributed by atoms with Gasteiger partial charge in [-0.2, -0.15) is 0 Å². The Balaban J connectivity index is 3.05. The van der Waals surface area contributed by atoms with Crippen molar-refractivity contribution in [3.05, 3.63) is 29.3 Å². The summed E-state index contributed by atoms with van der Waals surface area (Å²) in [5.41, 5.74) is 8.11. The van der Waals surface area contributed by atoms with E-state index in [4.69, 9.17) is 5.73 Å². The highest BCUT2D eigenvalue weighted by Gasteiger charge is 2.28. The highest BCUT2D eigenvalue weighted by Crippen LogP contribution is 2.25. The summed E-state index contributed by atoms with van der Waals surface area (Å²) in [6.07, 6.45) is 0. The molecule has 1 atom stereocenters. The second-order valence-electron chi connectivity index (χ2n) is 5.98. The minimum Gasteiger partial charge on any atom is -0.398 e. The zero-order valence-electron chi connectivity index (χ0n) is 12.2. The number of nitrogen functional groups attached to an aromatic ring is 1. The molecule has 1 unspecified atom stereocenters. The van der Waals surface area contributed by atoms with Gasteiger partial charge in [0.15, 0.2) is 0 Å². The Bertz CT molecular complexity index is 446. The number of rotatable bonds is 2. The maximum Gasteiger partial charge on any atom is 0.254 e. The molecule has 0 saturated carbocycles. The molecule has 0 spiro atoms. The largest absolute Gasteiger partial charge is 0.398 e. The van der Waals surface area contributed by atoms with E-state index in [0.29, 0.717) is 11.3 Å². The summed E-state index contributed by atoms with van der Waals surface area (Å²) < 4.78 is 0. The number of benzene rings is 1. The highest BCUT2D eigenvalue weighted by atomic mass is 16.2. The third kappa shape index (κ3) is 2.84. The molecule has 0 heterocycles. The topological polar surface area (TPSA) is 46.3 Å². The van der Waals surface area contributed by atoms with Gasteiger partial charge in [-0.1, -0.05) is 26.8 Å². The maximum absolute atomic E-state index is 12.5. The predicted molar refractivity (Wildman–Crippen MR) is 76.6 cm³/mol. The average Bonchev–Trinajstić information content (AvgIpc) is 2.28. The minimum atomic E-state index is 0.0298. The fraction of sp³-hybridized carbons (Fsp3) is 0.533. The molecule has 100 valence electrons. The Morgan fingerprint density at radius 1 is 1.33 bits per heavy atom. The maximum atomic E-state index is 12.5. The number of nitrogens with two attached hydrogens (primary N) is 1. The van der Waals surface area contributed by atoms with Crippen LogP contribution < -0.4 is 5.73 Å². The van der Waals surface area contributed by atoms with Gasteiger partial charge in [0, 0.05) is 24.3 Å². The minimum absolute atomic E-state index is 0.0298. The molecular formula is C15H24N2O. The molecule has 0 saturated heterocycles. The van der Waals surface area contributed by atoms with Gasteiger partial charge in [0.2, 0.25) is 0 Å². The number of carbonyl (C=O) groups excluding carboxylic acids is 1. The summed E-state index contributed by atoms with van der Waals surface area (Å²) in [6.45, 7) is 10.4. The summed E-state index contributed by atoms with van der Waals surface area (Å²) >= 11 is 0. The van der Waals surface area contributed by atoms with E-state index in [1.165, 1.54) is 0 Å². The zero-order chi connectivity index (χ0) is 14.1. The summed E-state index contributed by atoms with van der Waals surface area (Å²) in [7, 11) is 1.85. The Morgan fingerprint density at radius 2 is 1.89 bits per heavy atom. The van der Waals surface area contributed by atoms with Crippen molar-refractivity contribution in [2.75, 3.05) is 12.8 Å². The average molecular weight is 248 g/mol. The van der Waals surface area contributed by atoms with Crippen molar-refractivity contribution in [1.29, 1.82) is 0 Å². The van der Waals surface area contributed by atoms with Gasteiger partial charge in [-0.05, 0) is 37.0 Å². The predicted octanol–water partition coefficient (Wildman–Crippen LogP) is 3.08. The van der Waals surface area contributed by atoms with Crippen LogP contribution in [-0.4, -0.2) is 23.9 Å². The number of hydrogen-bond acceptors (Lipinski definition) is 2. The molecule has 0 fully saturated rings. The van der Waals surface area contributed by atoms with E-state index < -0.39 is 0 Å². The van der Waals surface area contributed by atoms with Gasteiger partial charge in [0.05, 0.1) is 0 Å². The molecule has 0 radical (unpaired) electrons. The van der Waals surface area contributed by atoms with Crippen LogP contribution in [-0.2, 0) is 0 Å². The fourth-order valence-electron chi connectivity index (χ4n) is 1.83. The number of hydrogen-bond donors (Lipinski definition) is 1. The Hall–Kier alpha value is -1.51. The van der Waals surface area contributed by atoms with Crippen molar-refractivity contribution in [2.24, 2.45) is 5.41 Å². The lowest BCUT2D eigenvalue weighted by atomic mass is 9.86. The summed E-state index contributed by atoms with van der Waals surface area (Å²) in [5.74, 6) is 0.0298. The first kappa shape index (κ1) is 14.6. The van der Waals surface area contributed by atoms with Crippen LogP contribution in [0.3, 0.4) is 0 Å². The van der Waals surface area contributed by atoms with E-state index in [1.54, 1.807) is 4.90 Å². The Kier molecular flexibility index (Phi) is 4.05. The van der Waals surface area contributed by atoms with E-state index in [1.807, 2.05) is 32.2 Å². The molecular weight excluding hydrogens is 224 g/mol. The standard InChI is InChI=1S/C15H24N2O/c1-10-12(8-7-9-13(10)16)14(18)17(6)11(2)15(3,4)5/h7-9,11H,16H2,1-6H3. The number of amides is 1. The summed E-state index contributed by atoms with van der Waals surface area (Å²) in [4.78, 5) is 14.3. The van der Waals surface area contributed by atoms with Gasteiger partial charge in [-0.3, -0.25) is 4.79 Å². The van der Waals surface area contributed by atoms with Gasteiger partial charge in [-0.15, -0.1) is 0 Å². The van der Waals surface area contributed by atoms with Crippen LogP contribution in [0.2, 0.25) is 0 Å². The van der Waals surface area contributed by atoms with Crippen LogP contribution in [0.1, 0.15) is 43.6 Å². The molecule has 0 bridgehead atoms.